The van der Waals surface area contributed by atoms with Gasteiger partial charge in [0, 0.05) is 25.7 Å². The van der Waals surface area contributed by atoms with Gasteiger partial charge in [-0.3, -0.25) is 4.90 Å². The molecule has 1 rings (SSSR count). The first kappa shape index (κ1) is 9.92. The Balaban J connectivity index is 2.36. The van der Waals surface area contributed by atoms with E-state index in [0.717, 1.165) is 19.5 Å². The molecule has 1 aliphatic rings. The molecule has 0 radical (unpaired) electrons. The summed E-state index contributed by atoms with van der Waals surface area (Å²) in [7, 11) is 1.58. The van der Waals surface area contributed by atoms with Crippen LogP contribution in [-0.2, 0) is 4.74 Å². The van der Waals surface area contributed by atoms with Crippen molar-refractivity contribution < 1.29 is 9.84 Å². The minimum atomic E-state index is -0.500. The lowest BCUT2D eigenvalue weighted by molar-refractivity contribution is -0.0375. The average molecular weight is 174 g/mol. The summed E-state index contributed by atoms with van der Waals surface area (Å²) in [6.45, 7) is 3.97. The van der Waals surface area contributed by atoms with Crippen molar-refractivity contribution in [2.75, 3.05) is 26.8 Å². The van der Waals surface area contributed by atoms with E-state index in [9.17, 15) is 5.11 Å². The van der Waals surface area contributed by atoms with Crippen LogP contribution in [0.2, 0.25) is 0 Å². The van der Waals surface area contributed by atoms with E-state index in [1.165, 1.54) is 0 Å². The fraction of sp³-hybridized carbons (Fsp3) is 1.00. The summed E-state index contributed by atoms with van der Waals surface area (Å²) < 4.78 is 4.85. The number of likely N-dealkylation sites (tertiary alicyclic amines) is 1. The highest BCUT2D eigenvalue weighted by Crippen LogP contribution is 2.19. The molecule has 1 aliphatic heterocycles. The van der Waals surface area contributed by atoms with Crippen LogP contribution in [0.25, 0.3) is 0 Å². The van der Waals surface area contributed by atoms with Gasteiger partial charge in [-0.05, 0) is 13.3 Å². The summed E-state index contributed by atoms with van der Waals surface area (Å²) in [5.74, 6) is 0. The zero-order valence-corrected chi connectivity index (χ0v) is 7.79. The van der Waals surface area contributed by atoms with E-state index < -0.39 is 6.23 Å². The molecular weight excluding hydrogens is 156 g/mol. The van der Waals surface area contributed by atoms with Gasteiger partial charge in [0.15, 0.2) is 0 Å². The Kier molecular flexibility index (Phi) is 3.06. The Morgan fingerprint density at radius 2 is 2.42 bits per heavy atom. The fourth-order valence-electron chi connectivity index (χ4n) is 1.53. The minimum absolute atomic E-state index is 0.144. The maximum atomic E-state index is 9.53. The van der Waals surface area contributed by atoms with Crippen LogP contribution in [0.4, 0.5) is 0 Å². The third-order valence-corrected chi connectivity index (χ3v) is 2.27. The lowest BCUT2D eigenvalue weighted by Crippen LogP contribution is -2.43. The predicted octanol–water partition coefficient (Wildman–Crippen LogP) is -0.626. The molecule has 0 saturated carbocycles. The van der Waals surface area contributed by atoms with Crippen molar-refractivity contribution in [2.45, 2.75) is 25.1 Å². The largest absolute Gasteiger partial charge is 0.381 e. The normalized spacial score (nSPS) is 34.0. The number of aliphatic hydroxyl groups excluding tert-OH is 1. The molecule has 0 amide bonds. The number of methoxy groups -OCH3 is 1. The molecule has 1 heterocycles. The monoisotopic (exact) mass is 174 g/mol. The number of rotatable bonds is 3. The molecule has 72 valence electrons. The first-order chi connectivity index (χ1) is 5.55. The van der Waals surface area contributed by atoms with Gasteiger partial charge < -0.3 is 15.6 Å². The number of ether oxygens (including phenoxy) is 1. The summed E-state index contributed by atoms with van der Waals surface area (Å²) in [6, 6.07) is 0. The Morgan fingerprint density at radius 3 is 2.83 bits per heavy atom. The molecule has 0 aromatic heterocycles. The minimum Gasteiger partial charge on any atom is -0.381 e. The average Bonchev–Trinajstić information content (AvgIpc) is 2.31. The second-order valence-corrected chi connectivity index (χ2v) is 3.81. The van der Waals surface area contributed by atoms with Crippen molar-refractivity contribution >= 4 is 0 Å². The molecular formula is C8H18N2O2. The number of hydrogen-bond acceptors (Lipinski definition) is 4. The van der Waals surface area contributed by atoms with E-state index in [4.69, 9.17) is 10.5 Å². The van der Waals surface area contributed by atoms with Crippen molar-refractivity contribution in [2.24, 2.45) is 5.73 Å². The highest BCUT2D eigenvalue weighted by Gasteiger charge is 2.32. The van der Waals surface area contributed by atoms with Gasteiger partial charge in [0.1, 0.15) is 6.23 Å². The zero-order valence-electron chi connectivity index (χ0n) is 7.79. The smallest absolute Gasteiger partial charge is 0.131 e. The van der Waals surface area contributed by atoms with Crippen molar-refractivity contribution in [3.05, 3.63) is 0 Å². The number of nitrogens with two attached hydrogens (primary N) is 1. The van der Waals surface area contributed by atoms with Crippen LogP contribution in [0.3, 0.4) is 0 Å². The van der Waals surface area contributed by atoms with Crippen LogP contribution in [0.15, 0.2) is 0 Å². The van der Waals surface area contributed by atoms with E-state index in [-0.39, 0.29) is 5.54 Å². The molecule has 4 nitrogen and oxygen atoms in total. The van der Waals surface area contributed by atoms with Crippen LogP contribution >= 0.6 is 0 Å². The molecule has 0 aliphatic carbocycles. The molecule has 2 unspecified atom stereocenters. The van der Waals surface area contributed by atoms with Gasteiger partial charge in [0.25, 0.3) is 0 Å². The summed E-state index contributed by atoms with van der Waals surface area (Å²) >= 11 is 0. The molecule has 3 N–H and O–H groups in total. The van der Waals surface area contributed by atoms with Crippen LogP contribution in [0, 0.1) is 0 Å². The highest BCUT2D eigenvalue weighted by atomic mass is 16.5. The number of aliphatic hydroxyl groups is 1. The van der Waals surface area contributed by atoms with Crippen LogP contribution in [0.5, 0.6) is 0 Å². The quantitative estimate of drug-likeness (QED) is 0.598. The number of nitrogens with zero attached hydrogens (tertiary/aromatic N) is 1. The second-order valence-electron chi connectivity index (χ2n) is 3.81. The summed E-state index contributed by atoms with van der Waals surface area (Å²) in [5, 5.41) is 9.53. The lowest BCUT2D eigenvalue weighted by Gasteiger charge is -2.24. The molecule has 1 saturated heterocycles. The van der Waals surface area contributed by atoms with Gasteiger partial charge in [-0.25, -0.2) is 0 Å². The van der Waals surface area contributed by atoms with E-state index in [2.05, 4.69) is 0 Å². The maximum Gasteiger partial charge on any atom is 0.131 e. The summed E-state index contributed by atoms with van der Waals surface area (Å²) in [4.78, 5) is 1.95. The van der Waals surface area contributed by atoms with Crippen LogP contribution < -0.4 is 5.73 Å². The van der Waals surface area contributed by atoms with Crippen LogP contribution in [0.1, 0.15) is 13.3 Å². The summed E-state index contributed by atoms with van der Waals surface area (Å²) in [5.41, 5.74) is 5.76. The maximum absolute atomic E-state index is 9.53. The van der Waals surface area contributed by atoms with Crippen LogP contribution in [-0.4, -0.2) is 48.6 Å². The number of hydrogen-bond donors (Lipinski definition) is 2. The third-order valence-electron chi connectivity index (χ3n) is 2.27. The highest BCUT2D eigenvalue weighted by molar-refractivity contribution is 4.90. The first-order valence-corrected chi connectivity index (χ1v) is 4.25. The van der Waals surface area contributed by atoms with Gasteiger partial charge in [-0.2, -0.15) is 0 Å². The zero-order chi connectivity index (χ0) is 9.19. The molecule has 0 aromatic carbocycles. The third kappa shape index (κ3) is 2.42. The fourth-order valence-corrected chi connectivity index (χ4v) is 1.53. The molecule has 0 bridgehead atoms. The Labute approximate surface area is 73.3 Å². The Bertz CT molecular complexity index is 150. The van der Waals surface area contributed by atoms with E-state index >= 15 is 0 Å². The molecule has 0 spiro atoms. The first-order valence-electron chi connectivity index (χ1n) is 4.25. The summed E-state index contributed by atoms with van der Waals surface area (Å²) in [6.07, 6.45) is 0.439. The predicted molar refractivity (Wildman–Crippen MR) is 46.7 cm³/mol. The molecule has 4 heteroatoms. The van der Waals surface area contributed by atoms with Gasteiger partial charge in [-0.15, -0.1) is 0 Å². The Morgan fingerprint density at radius 1 is 1.75 bits per heavy atom. The van der Waals surface area contributed by atoms with Gasteiger partial charge >= 0.3 is 0 Å². The second kappa shape index (κ2) is 3.70. The van der Waals surface area contributed by atoms with E-state index in [1.54, 1.807) is 7.11 Å². The molecule has 0 aromatic rings. The van der Waals surface area contributed by atoms with Gasteiger partial charge in [0.05, 0.1) is 6.61 Å². The lowest BCUT2D eigenvalue weighted by atomic mass is 10.0. The van der Waals surface area contributed by atoms with Gasteiger partial charge in [-0.1, -0.05) is 0 Å². The molecule has 12 heavy (non-hydrogen) atoms. The van der Waals surface area contributed by atoms with E-state index in [0.29, 0.717) is 6.61 Å². The molecule has 1 fully saturated rings. The standard InChI is InChI=1S/C8H18N2O2/c1-8(9)3-4-10(6-8)7(11)5-12-2/h7,11H,3-6,9H2,1-2H3. The SMILES string of the molecule is COCC(O)N1CCC(C)(N)C1. The van der Waals surface area contributed by atoms with Gasteiger partial charge in [0.2, 0.25) is 0 Å². The molecule has 2 atom stereocenters. The van der Waals surface area contributed by atoms with Crippen molar-refractivity contribution in [1.29, 1.82) is 0 Å². The van der Waals surface area contributed by atoms with E-state index in [1.807, 2.05) is 11.8 Å². The van der Waals surface area contributed by atoms with Crippen molar-refractivity contribution in [3.63, 3.8) is 0 Å². The Hall–Kier alpha value is -0.160. The topological polar surface area (TPSA) is 58.7 Å². The van der Waals surface area contributed by atoms with Crippen molar-refractivity contribution in [1.82, 2.24) is 4.90 Å². The van der Waals surface area contributed by atoms with Crippen molar-refractivity contribution in [3.8, 4) is 0 Å².